The van der Waals surface area contributed by atoms with E-state index < -0.39 is 18.1 Å². The van der Waals surface area contributed by atoms with E-state index in [-0.39, 0.29) is 11.8 Å². The maximum atomic E-state index is 11.8. The number of rotatable bonds is 17. The molecule has 1 rings (SSSR count). The lowest BCUT2D eigenvalue weighted by atomic mass is 10.1. The predicted molar refractivity (Wildman–Crippen MR) is 137 cm³/mol. The first-order chi connectivity index (χ1) is 15.9. The number of carbonyl (C=O) groups is 3. The van der Waals surface area contributed by atoms with Crippen molar-refractivity contribution in [3.63, 3.8) is 0 Å². The smallest absolute Gasteiger partial charge is 0.408 e. The third-order valence-corrected chi connectivity index (χ3v) is 5.88. The molecule has 0 aromatic heterocycles. The number of alkyl carbamates (subject to hydrolysis) is 1. The minimum atomic E-state index is -1.03. The van der Waals surface area contributed by atoms with Crippen molar-refractivity contribution in [1.82, 2.24) is 5.32 Å². The van der Waals surface area contributed by atoms with Gasteiger partial charge in [0.1, 0.15) is 12.6 Å². The molecule has 2 N–H and O–H groups in total. The van der Waals surface area contributed by atoms with Crippen molar-refractivity contribution in [3.05, 3.63) is 35.9 Å². The third-order valence-electron chi connectivity index (χ3n) is 4.73. The average Bonchev–Trinajstić information content (AvgIpc) is 2.77. The summed E-state index contributed by atoms with van der Waals surface area (Å²) < 4.78 is 5.10. The number of hydrogen-bond acceptors (Lipinski definition) is 5. The van der Waals surface area contributed by atoms with Crippen LogP contribution in [0.1, 0.15) is 83.6 Å². The van der Waals surface area contributed by atoms with E-state index >= 15 is 0 Å². The molecule has 188 valence electrons. The fraction of sp³-hybridized carbons (Fsp3) is 0.640. The molecule has 1 atom stereocenters. The largest absolute Gasteiger partial charge is 0.480 e. The zero-order chi connectivity index (χ0) is 24.7. The monoisotopic (exact) mass is 501 g/mol. The zero-order valence-electron chi connectivity index (χ0n) is 20.0. The lowest BCUT2D eigenvalue weighted by Crippen LogP contribution is -2.42. The van der Waals surface area contributed by atoms with Gasteiger partial charge >= 0.3 is 12.1 Å². The fourth-order valence-corrected chi connectivity index (χ4v) is 4.01. The quantitative estimate of drug-likeness (QED) is 0.180. The minimum absolute atomic E-state index is 0.130. The first-order valence-electron chi connectivity index (χ1n) is 11.8. The second kappa shape index (κ2) is 22.1. The number of benzene rings is 1. The van der Waals surface area contributed by atoms with Crippen molar-refractivity contribution in [1.29, 1.82) is 0 Å². The van der Waals surface area contributed by atoms with Crippen molar-refractivity contribution in [2.75, 3.05) is 11.5 Å². The maximum absolute atomic E-state index is 11.8. The van der Waals surface area contributed by atoms with Crippen molar-refractivity contribution in [3.8, 4) is 0 Å². The fourth-order valence-electron chi connectivity index (χ4n) is 2.97. The molecule has 1 amide bonds. The molecule has 0 aliphatic carbocycles. The van der Waals surface area contributed by atoms with E-state index in [1.807, 2.05) is 30.3 Å². The van der Waals surface area contributed by atoms with Gasteiger partial charge in [-0.1, -0.05) is 95.0 Å². The van der Waals surface area contributed by atoms with E-state index in [1.54, 1.807) is 11.8 Å². The van der Waals surface area contributed by atoms with Gasteiger partial charge in [-0.25, -0.2) is 9.59 Å². The highest BCUT2D eigenvalue weighted by atomic mass is 35.5. The number of carboxylic acids is 1. The number of amides is 1. The van der Waals surface area contributed by atoms with Crippen molar-refractivity contribution in [2.45, 2.75) is 90.7 Å². The molecule has 0 radical (unpaired) electrons. The molecule has 1 aromatic rings. The van der Waals surface area contributed by atoms with E-state index in [4.69, 9.17) is 4.74 Å². The number of ether oxygens (including phenoxy) is 1. The van der Waals surface area contributed by atoms with Gasteiger partial charge < -0.3 is 15.2 Å². The first-order valence-corrected chi connectivity index (χ1v) is 13.3. The summed E-state index contributed by atoms with van der Waals surface area (Å²) in [7, 11) is 0. The van der Waals surface area contributed by atoms with Crippen LogP contribution in [0, 0.1) is 0 Å². The maximum Gasteiger partial charge on any atom is 0.408 e. The van der Waals surface area contributed by atoms with Gasteiger partial charge in [0.2, 0.25) is 5.24 Å². The summed E-state index contributed by atoms with van der Waals surface area (Å²) in [6, 6.07) is 8.39. The summed E-state index contributed by atoms with van der Waals surface area (Å²) in [6.07, 6.45) is 12.2. The highest BCUT2D eigenvalue weighted by Crippen LogP contribution is 2.13. The third kappa shape index (κ3) is 21.9. The number of nitrogens with one attached hydrogen (secondary N) is 1. The highest BCUT2D eigenvalue weighted by molar-refractivity contribution is 7.99. The van der Waals surface area contributed by atoms with Gasteiger partial charge in [0.05, 0.1) is 0 Å². The van der Waals surface area contributed by atoms with Gasteiger partial charge in [0.15, 0.2) is 0 Å². The summed E-state index contributed by atoms with van der Waals surface area (Å²) in [5.74, 6) is 0.242. The molecule has 8 heteroatoms. The van der Waals surface area contributed by atoms with E-state index in [2.05, 4.69) is 23.8 Å². The summed E-state index contributed by atoms with van der Waals surface area (Å²) in [5, 5.41) is 11.4. The number of hydrogen-bond donors (Lipinski definition) is 2. The van der Waals surface area contributed by atoms with Crippen LogP contribution < -0.4 is 5.32 Å². The molecule has 33 heavy (non-hydrogen) atoms. The van der Waals surface area contributed by atoms with E-state index in [0.29, 0.717) is 5.75 Å². The van der Waals surface area contributed by atoms with Crippen LogP contribution in [0.25, 0.3) is 0 Å². The Labute approximate surface area is 208 Å². The Bertz CT molecular complexity index is 641. The topological polar surface area (TPSA) is 92.7 Å². The molecule has 0 aliphatic heterocycles. The Morgan fingerprint density at radius 1 is 0.970 bits per heavy atom. The molecule has 0 saturated heterocycles. The summed E-state index contributed by atoms with van der Waals surface area (Å²) in [6.45, 7) is 3.66. The molecular weight excluding hydrogens is 462 g/mol. The minimum Gasteiger partial charge on any atom is -0.480 e. The second-order valence-electron chi connectivity index (χ2n) is 7.82. The Hall–Kier alpha value is -1.73. The standard InChI is InChI=1S/C23H37NO4S.C2H3ClO/c1-2-3-4-5-6-7-8-9-10-14-17-29-19-21(22(25)26)24-23(27)28-18-20-15-12-11-13-16-20;1-2(3)4/h11-13,15-16,21H,2-10,14,17-19H2,1H3,(H,24,27)(H,25,26);1H3/t21-;/m0./s1. The number of halogens is 1. The number of carbonyl (C=O) groups excluding carboxylic acids is 2. The molecular formula is C25H40ClNO5S. The van der Waals surface area contributed by atoms with Gasteiger partial charge in [-0.15, -0.1) is 0 Å². The number of carboxylic acid groups (broad SMARTS) is 1. The van der Waals surface area contributed by atoms with Gasteiger partial charge in [-0.3, -0.25) is 4.79 Å². The van der Waals surface area contributed by atoms with Crippen LogP contribution in [-0.2, 0) is 20.9 Å². The Morgan fingerprint density at radius 2 is 1.48 bits per heavy atom. The summed E-state index contributed by atoms with van der Waals surface area (Å²) in [4.78, 5) is 32.4. The molecule has 0 saturated carbocycles. The van der Waals surface area contributed by atoms with Crippen molar-refractivity contribution < 1.29 is 24.2 Å². The number of unbranched alkanes of at least 4 members (excludes halogenated alkanes) is 9. The molecule has 1 aromatic carbocycles. The zero-order valence-corrected chi connectivity index (χ0v) is 21.6. The molecule has 0 aliphatic rings. The normalized spacial score (nSPS) is 11.1. The van der Waals surface area contributed by atoms with Crippen LogP contribution in [-0.4, -0.2) is 40.0 Å². The molecule has 0 heterocycles. The lowest BCUT2D eigenvalue weighted by Gasteiger charge is -2.14. The van der Waals surface area contributed by atoms with Gasteiger partial charge in [0, 0.05) is 12.7 Å². The highest BCUT2D eigenvalue weighted by Gasteiger charge is 2.20. The predicted octanol–water partition coefficient (Wildman–Crippen LogP) is 6.79. The average molecular weight is 502 g/mol. The van der Waals surface area contributed by atoms with E-state index in [0.717, 1.165) is 17.7 Å². The second-order valence-corrected chi connectivity index (χ2v) is 9.51. The molecule has 0 unspecified atom stereocenters. The van der Waals surface area contributed by atoms with Crippen LogP contribution in [0.5, 0.6) is 0 Å². The first kappa shape index (κ1) is 31.3. The molecule has 0 spiro atoms. The van der Waals surface area contributed by atoms with E-state index in [1.165, 1.54) is 64.7 Å². The SMILES string of the molecule is CC(=O)Cl.CCCCCCCCCCCCSC[C@H](NC(=O)OCc1ccccc1)C(=O)O. The van der Waals surface area contributed by atoms with Crippen LogP contribution >= 0.6 is 23.4 Å². The summed E-state index contributed by atoms with van der Waals surface area (Å²) in [5.41, 5.74) is 0.866. The van der Waals surface area contributed by atoms with Crippen LogP contribution in [0.15, 0.2) is 30.3 Å². The number of thioether (sulfide) groups is 1. The Kier molecular flexibility index (Phi) is 20.9. The van der Waals surface area contributed by atoms with Crippen LogP contribution in [0.4, 0.5) is 4.79 Å². The summed E-state index contributed by atoms with van der Waals surface area (Å²) >= 11 is 6.21. The van der Waals surface area contributed by atoms with Gasteiger partial charge in [0.25, 0.3) is 0 Å². The van der Waals surface area contributed by atoms with Crippen LogP contribution in [0.2, 0.25) is 0 Å². The number of aliphatic carboxylic acids is 1. The Morgan fingerprint density at radius 3 is 2.00 bits per heavy atom. The van der Waals surface area contributed by atoms with Crippen molar-refractivity contribution in [2.24, 2.45) is 0 Å². The van der Waals surface area contributed by atoms with Crippen molar-refractivity contribution >= 4 is 40.7 Å². The molecule has 0 bridgehead atoms. The van der Waals surface area contributed by atoms with Gasteiger partial charge in [-0.05, 0) is 29.3 Å². The van der Waals surface area contributed by atoms with Gasteiger partial charge in [-0.2, -0.15) is 11.8 Å². The molecule has 6 nitrogen and oxygen atoms in total. The van der Waals surface area contributed by atoms with E-state index in [9.17, 15) is 19.5 Å². The van der Waals surface area contributed by atoms with Crippen LogP contribution in [0.3, 0.4) is 0 Å². The Balaban J connectivity index is 0.00000235. The lowest BCUT2D eigenvalue weighted by molar-refractivity contribution is -0.138. The molecule has 0 fully saturated rings.